The van der Waals surface area contributed by atoms with Gasteiger partial charge >= 0.3 is 0 Å². The standard InChI is InChI=1S/C11H16N2O5S/c1-19(17,18)13-7-3-6-12-11(16)10-8(14)4-2-5-9(10)15/h2,4-5,13-15H,3,6-7H2,1H3,(H,12,16). The molecule has 1 aromatic carbocycles. The summed E-state index contributed by atoms with van der Waals surface area (Å²) in [5.41, 5.74) is -0.196. The largest absolute Gasteiger partial charge is 0.507 e. The summed E-state index contributed by atoms with van der Waals surface area (Å²) in [7, 11) is -3.23. The van der Waals surface area contributed by atoms with E-state index in [2.05, 4.69) is 10.0 Å². The Morgan fingerprint density at radius 3 is 2.32 bits per heavy atom. The maximum atomic E-state index is 11.7. The molecule has 0 saturated carbocycles. The van der Waals surface area contributed by atoms with Gasteiger partial charge in [-0.05, 0) is 18.6 Å². The van der Waals surface area contributed by atoms with Crippen LogP contribution >= 0.6 is 0 Å². The van der Waals surface area contributed by atoms with E-state index in [0.717, 1.165) is 6.26 Å². The Morgan fingerprint density at radius 2 is 1.79 bits per heavy atom. The van der Waals surface area contributed by atoms with Gasteiger partial charge in [-0.2, -0.15) is 0 Å². The number of sulfonamides is 1. The van der Waals surface area contributed by atoms with Gasteiger partial charge in [0.15, 0.2) is 0 Å². The molecular weight excluding hydrogens is 272 g/mol. The Kier molecular flexibility index (Phi) is 5.13. The number of phenolic OH excluding ortho intramolecular Hbond substituents is 2. The number of carbonyl (C=O) groups is 1. The van der Waals surface area contributed by atoms with E-state index in [-0.39, 0.29) is 30.2 Å². The zero-order valence-corrected chi connectivity index (χ0v) is 11.2. The predicted molar refractivity (Wildman–Crippen MR) is 69.6 cm³/mol. The van der Waals surface area contributed by atoms with E-state index < -0.39 is 15.9 Å². The first kappa shape index (κ1) is 15.3. The molecule has 4 N–H and O–H groups in total. The molecular formula is C11H16N2O5S. The molecule has 0 fully saturated rings. The van der Waals surface area contributed by atoms with Gasteiger partial charge in [0.2, 0.25) is 10.0 Å². The maximum Gasteiger partial charge on any atom is 0.258 e. The van der Waals surface area contributed by atoms with E-state index >= 15 is 0 Å². The molecule has 0 aromatic heterocycles. The SMILES string of the molecule is CS(=O)(=O)NCCCNC(=O)c1c(O)cccc1O. The van der Waals surface area contributed by atoms with Gasteiger partial charge in [-0.1, -0.05) is 6.07 Å². The Labute approximate surface area is 111 Å². The third-order valence-corrected chi connectivity index (χ3v) is 2.98. The fourth-order valence-corrected chi connectivity index (χ4v) is 1.91. The summed E-state index contributed by atoms with van der Waals surface area (Å²) in [6.07, 6.45) is 1.44. The summed E-state index contributed by atoms with van der Waals surface area (Å²) in [6.45, 7) is 0.418. The Bertz CT molecular complexity index is 536. The number of carbonyl (C=O) groups excluding carboxylic acids is 1. The van der Waals surface area contributed by atoms with Crippen molar-refractivity contribution < 1.29 is 23.4 Å². The van der Waals surface area contributed by atoms with Crippen molar-refractivity contribution in [2.45, 2.75) is 6.42 Å². The number of benzene rings is 1. The van der Waals surface area contributed by atoms with Crippen LogP contribution in [0.3, 0.4) is 0 Å². The summed E-state index contributed by atoms with van der Waals surface area (Å²) in [5.74, 6) is -1.24. The minimum atomic E-state index is -3.23. The van der Waals surface area contributed by atoms with Crippen LogP contribution in [0.25, 0.3) is 0 Å². The number of aromatic hydroxyl groups is 2. The van der Waals surface area contributed by atoms with E-state index in [1.165, 1.54) is 18.2 Å². The number of hydrogen-bond acceptors (Lipinski definition) is 5. The van der Waals surface area contributed by atoms with Crippen LogP contribution in [-0.2, 0) is 10.0 Å². The summed E-state index contributed by atoms with van der Waals surface area (Å²) in [6, 6.07) is 4.00. The second-order valence-corrected chi connectivity index (χ2v) is 5.78. The third kappa shape index (κ3) is 5.14. The van der Waals surface area contributed by atoms with Gasteiger partial charge in [0.25, 0.3) is 5.91 Å². The molecule has 0 aliphatic rings. The topological polar surface area (TPSA) is 116 Å². The third-order valence-electron chi connectivity index (χ3n) is 2.25. The fourth-order valence-electron chi connectivity index (χ4n) is 1.40. The number of amides is 1. The van der Waals surface area contributed by atoms with Crippen LogP contribution < -0.4 is 10.0 Å². The average Bonchev–Trinajstić information content (AvgIpc) is 2.26. The number of nitrogens with one attached hydrogen (secondary N) is 2. The van der Waals surface area contributed by atoms with Gasteiger partial charge in [-0.3, -0.25) is 4.79 Å². The van der Waals surface area contributed by atoms with Gasteiger partial charge in [0.1, 0.15) is 17.1 Å². The van der Waals surface area contributed by atoms with E-state index in [9.17, 15) is 23.4 Å². The molecule has 7 nitrogen and oxygen atoms in total. The predicted octanol–water partition coefficient (Wildman–Crippen LogP) is -0.233. The molecule has 0 bridgehead atoms. The zero-order chi connectivity index (χ0) is 14.5. The number of phenols is 2. The molecule has 0 heterocycles. The lowest BCUT2D eigenvalue weighted by molar-refractivity contribution is 0.0948. The van der Waals surface area contributed by atoms with Crippen molar-refractivity contribution >= 4 is 15.9 Å². The van der Waals surface area contributed by atoms with E-state index in [1.807, 2.05) is 0 Å². The highest BCUT2D eigenvalue weighted by molar-refractivity contribution is 7.88. The lowest BCUT2D eigenvalue weighted by atomic mass is 10.1. The van der Waals surface area contributed by atoms with Gasteiger partial charge < -0.3 is 15.5 Å². The van der Waals surface area contributed by atoms with Gasteiger partial charge in [0.05, 0.1) is 6.26 Å². The van der Waals surface area contributed by atoms with Crippen molar-refractivity contribution in [3.8, 4) is 11.5 Å². The molecule has 0 radical (unpaired) electrons. The molecule has 1 amide bonds. The normalized spacial score (nSPS) is 11.2. The van der Waals surface area contributed by atoms with Crippen molar-refractivity contribution in [3.05, 3.63) is 23.8 Å². The van der Waals surface area contributed by atoms with Crippen molar-refractivity contribution in [2.24, 2.45) is 0 Å². The molecule has 0 aliphatic carbocycles. The average molecular weight is 288 g/mol. The molecule has 0 spiro atoms. The lowest BCUT2D eigenvalue weighted by Crippen LogP contribution is -2.29. The molecule has 0 aliphatic heterocycles. The second kappa shape index (κ2) is 6.39. The molecule has 8 heteroatoms. The van der Waals surface area contributed by atoms with Gasteiger partial charge in [0, 0.05) is 13.1 Å². The number of rotatable bonds is 6. The molecule has 19 heavy (non-hydrogen) atoms. The monoisotopic (exact) mass is 288 g/mol. The Hall–Kier alpha value is -1.80. The molecule has 0 unspecified atom stereocenters. The number of hydrogen-bond donors (Lipinski definition) is 4. The van der Waals surface area contributed by atoms with Crippen molar-refractivity contribution in [2.75, 3.05) is 19.3 Å². The summed E-state index contributed by atoms with van der Waals surface area (Å²) in [5, 5.41) is 21.4. The molecule has 1 aromatic rings. The summed E-state index contributed by atoms with van der Waals surface area (Å²) < 4.78 is 23.8. The highest BCUT2D eigenvalue weighted by Gasteiger charge is 2.15. The maximum absolute atomic E-state index is 11.7. The van der Waals surface area contributed by atoms with Crippen LogP contribution in [0.5, 0.6) is 11.5 Å². The molecule has 1 rings (SSSR count). The first-order valence-corrected chi connectivity index (χ1v) is 7.44. The van der Waals surface area contributed by atoms with Crippen LogP contribution in [0.2, 0.25) is 0 Å². The van der Waals surface area contributed by atoms with E-state index in [1.54, 1.807) is 0 Å². The van der Waals surface area contributed by atoms with Crippen LogP contribution in [-0.4, -0.2) is 43.9 Å². The second-order valence-electron chi connectivity index (χ2n) is 3.95. The van der Waals surface area contributed by atoms with Crippen LogP contribution in [0.4, 0.5) is 0 Å². The molecule has 106 valence electrons. The molecule has 0 saturated heterocycles. The van der Waals surface area contributed by atoms with Gasteiger partial charge in [-0.15, -0.1) is 0 Å². The van der Waals surface area contributed by atoms with Gasteiger partial charge in [-0.25, -0.2) is 13.1 Å². The first-order chi connectivity index (χ1) is 8.81. The quantitative estimate of drug-likeness (QED) is 0.539. The summed E-state index contributed by atoms with van der Waals surface area (Å²) in [4.78, 5) is 11.7. The van der Waals surface area contributed by atoms with Crippen LogP contribution in [0.1, 0.15) is 16.8 Å². The van der Waals surface area contributed by atoms with E-state index in [4.69, 9.17) is 0 Å². The van der Waals surface area contributed by atoms with Crippen molar-refractivity contribution in [1.82, 2.24) is 10.0 Å². The van der Waals surface area contributed by atoms with Crippen LogP contribution in [0, 0.1) is 0 Å². The van der Waals surface area contributed by atoms with E-state index in [0.29, 0.717) is 6.42 Å². The minimum absolute atomic E-state index is 0.196. The Balaban J connectivity index is 2.44. The van der Waals surface area contributed by atoms with Crippen LogP contribution in [0.15, 0.2) is 18.2 Å². The van der Waals surface area contributed by atoms with Crippen molar-refractivity contribution in [1.29, 1.82) is 0 Å². The first-order valence-electron chi connectivity index (χ1n) is 5.55. The smallest absolute Gasteiger partial charge is 0.258 e. The highest BCUT2D eigenvalue weighted by Crippen LogP contribution is 2.25. The summed E-state index contributed by atoms with van der Waals surface area (Å²) >= 11 is 0. The van der Waals surface area contributed by atoms with Crippen molar-refractivity contribution in [3.63, 3.8) is 0 Å². The minimum Gasteiger partial charge on any atom is -0.507 e. The zero-order valence-electron chi connectivity index (χ0n) is 10.4. The highest BCUT2D eigenvalue weighted by atomic mass is 32.2. The molecule has 0 atom stereocenters. The lowest BCUT2D eigenvalue weighted by Gasteiger charge is -2.08. The fraction of sp³-hybridized carbons (Fsp3) is 0.364. The Morgan fingerprint density at radius 1 is 1.21 bits per heavy atom.